The fourth-order valence-corrected chi connectivity index (χ4v) is 9.39. The largest absolute Gasteiger partial charge is 0.456 e. The second-order valence-corrected chi connectivity index (χ2v) is 12.4. The monoisotopic (exact) mass is 576 g/mol. The van der Waals surface area contributed by atoms with Crippen LogP contribution in [0.15, 0.2) is 54.6 Å². The van der Waals surface area contributed by atoms with E-state index < -0.39 is 82.5 Å². The Bertz CT molecular complexity index is 1560. The summed E-state index contributed by atoms with van der Waals surface area (Å²) in [6.45, 7) is 3.19. The minimum absolute atomic E-state index is 0.102. The summed E-state index contributed by atoms with van der Waals surface area (Å²) in [6.07, 6.45) is -5.90. The van der Waals surface area contributed by atoms with E-state index in [1.807, 2.05) is 13.0 Å². The van der Waals surface area contributed by atoms with Gasteiger partial charge in [-0.05, 0) is 31.4 Å². The van der Waals surface area contributed by atoms with Crippen molar-refractivity contribution in [3.8, 4) is 0 Å². The third-order valence-corrected chi connectivity index (χ3v) is 11.1. The highest BCUT2D eigenvalue weighted by molar-refractivity contribution is 6.09. The molecule has 6 aliphatic rings. The molecule has 2 aliphatic carbocycles. The molecule has 0 bridgehead atoms. The number of carbonyl (C=O) groups excluding carboxylic acids is 4. The number of rotatable bonds is 4. The van der Waals surface area contributed by atoms with Crippen LogP contribution >= 0.6 is 0 Å². The second-order valence-electron chi connectivity index (χ2n) is 12.4. The number of ketones is 1. The van der Waals surface area contributed by atoms with E-state index in [1.54, 1.807) is 24.3 Å². The Morgan fingerprint density at radius 3 is 2.31 bits per heavy atom. The van der Waals surface area contributed by atoms with E-state index in [-0.39, 0.29) is 18.0 Å². The lowest BCUT2D eigenvalue weighted by atomic mass is 9.54. The SMILES string of the molecule is C[C@@H]1CC2OCC34OC5OC(=O)[C@H](OC(=O)c6ccc(C(=O)c7ccccc7)cc6)C51C23[C@@H](O)C1OC(=O)[C@@H](C)[C@@]14O. The van der Waals surface area contributed by atoms with Gasteiger partial charge in [-0.25, -0.2) is 9.59 Å². The Labute approximate surface area is 239 Å². The number of fused-ring (bicyclic) bond motifs is 1. The molecule has 4 heterocycles. The first-order valence-corrected chi connectivity index (χ1v) is 14.1. The first-order chi connectivity index (χ1) is 20.1. The summed E-state index contributed by atoms with van der Waals surface area (Å²) in [7, 11) is 0. The Morgan fingerprint density at radius 1 is 0.929 bits per heavy atom. The zero-order valence-corrected chi connectivity index (χ0v) is 22.7. The quantitative estimate of drug-likeness (QED) is 0.306. The molecule has 2 aromatic carbocycles. The van der Waals surface area contributed by atoms with Gasteiger partial charge in [0.05, 0.1) is 35.0 Å². The fraction of sp³-hybridized carbons (Fsp3) is 0.484. The van der Waals surface area contributed by atoms with Gasteiger partial charge in [-0.1, -0.05) is 49.4 Å². The predicted molar refractivity (Wildman–Crippen MR) is 138 cm³/mol. The Kier molecular flexibility index (Phi) is 4.98. The van der Waals surface area contributed by atoms with Crippen LogP contribution in [0.3, 0.4) is 0 Å². The normalized spacial score (nSPS) is 45.6. The number of hydrogen-bond acceptors (Lipinski definition) is 11. The molecule has 6 unspecified atom stereocenters. The lowest BCUT2D eigenvalue weighted by Crippen LogP contribution is -2.65. The lowest BCUT2D eigenvalue weighted by molar-refractivity contribution is -0.242. The van der Waals surface area contributed by atoms with E-state index in [0.717, 1.165) is 0 Å². The maximum Gasteiger partial charge on any atom is 0.350 e. The molecular weight excluding hydrogens is 548 g/mol. The van der Waals surface area contributed by atoms with Crippen molar-refractivity contribution in [2.24, 2.45) is 22.7 Å². The summed E-state index contributed by atoms with van der Waals surface area (Å²) in [5.41, 5.74) is -5.55. The fourth-order valence-electron chi connectivity index (χ4n) is 9.39. The van der Waals surface area contributed by atoms with Crippen LogP contribution in [0.25, 0.3) is 0 Å². The van der Waals surface area contributed by atoms with Crippen LogP contribution in [0.2, 0.25) is 0 Å². The zero-order valence-electron chi connectivity index (χ0n) is 22.7. The molecule has 4 aliphatic heterocycles. The van der Waals surface area contributed by atoms with E-state index >= 15 is 0 Å². The molecule has 11 atom stereocenters. The number of carbonyl (C=O) groups is 4. The lowest BCUT2D eigenvalue weighted by Gasteiger charge is -2.46. The van der Waals surface area contributed by atoms with Crippen molar-refractivity contribution in [1.82, 2.24) is 0 Å². The van der Waals surface area contributed by atoms with Crippen LogP contribution in [-0.4, -0.2) is 82.4 Å². The van der Waals surface area contributed by atoms with E-state index in [1.165, 1.54) is 31.2 Å². The summed E-state index contributed by atoms with van der Waals surface area (Å²) in [5.74, 6) is -4.04. The number of benzene rings is 2. The van der Waals surface area contributed by atoms with Crippen molar-refractivity contribution >= 4 is 23.7 Å². The minimum atomic E-state index is -1.97. The second kappa shape index (κ2) is 8.04. The molecule has 11 nitrogen and oxygen atoms in total. The van der Waals surface area contributed by atoms with Gasteiger partial charge in [0.25, 0.3) is 0 Å². The molecule has 8 rings (SSSR count). The van der Waals surface area contributed by atoms with Gasteiger partial charge in [-0.3, -0.25) is 9.59 Å². The predicted octanol–water partition coefficient (Wildman–Crippen LogP) is 1.17. The van der Waals surface area contributed by atoms with Gasteiger partial charge in [0.15, 0.2) is 11.9 Å². The van der Waals surface area contributed by atoms with Crippen LogP contribution in [0.1, 0.15) is 46.5 Å². The third-order valence-electron chi connectivity index (χ3n) is 11.1. The van der Waals surface area contributed by atoms with Crippen molar-refractivity contribution in [3.63, 3.8) is 0 Å². The van der Waals surface area contributed by atoms with Crippen molar-refractivity contribution in [2.75, 3.05) is 6.61 Å². The van der Waals surface area contributed by atoms with E-state index in [0.29, 0.717) is 17.5 Å². The average molecular weight is 577 g/mol. The van der Waals surface area contributed by atoms with Crippen LogP contribution in [0.5, 0.6) is 0 Å². The molecular formula is C31H28O11. The van der Waals surface area contributed by atoms with Crippen LogP contribution in [0, 0.1) is 22.7 Å². The van der Waals surface area contributed by atoms with Gasteiger partial charge in [0.1, 0.15) is 17.3 Å². The maximum atomic E-state index is 13.5. The number of hydrogen-bond donors (Lipinski definition) is 2. The summed E-state index contributed by atoms with van der Waals surface area (Å²) in [6, 6.07) is 14.6. The molecule has 0 radical (unpaired) electrons. The molecule has 2 saturated carbocycles. The molecule has 2 N–H and O–H groups in total. The average Bonchev–Trinajstić information content (AvgIpc) is 3.72. The third kappa shape index (κ3) is 2.52. The molecule has 2 spiro atoms. The van der Waals surface area contributed by atoms with Gasteiger partial charge in [-0.2, -0.15) is 0 Å². The number of ether oxygens (including phenoxy) is 5. The van der Waals surface area contributed by atoms with Gasteiger partial charge < -0.3 is 33.9 Å². The highest BCUT2D eigenvalue weighted by atomic mass is 16.8. The molecule has 0 aromatic heterocycles. The van der Waals surface area contributed by atoms with Gasteiger partial charge >= 0.3 is 17.9 Å². The van der Waals surface area contributed by atoms with Crippen molar-refractivity contribution in [1.29, 1.82) is 0 Å². The van der Waals surface area contributed by atoms with Crippen LogP contribution in [-0.2, 0) is 33.3 Å². The topological polar surface area (TPSA) is 155 Å². The first kappa shape index (κ1) is 26.0. The molecule has 4 saturated heterocycles. The summed E-state index contributed by atoms with van der Waals surface area (Å²) in [4.78, 5) is 52.3. The first-order valence-electron chi connectivity index (χ1n) is 14.1. The number of aliphatic hydroxyl groups excluding tert-OH is 1. The van der Waals surface area contributed by atoms with Crippen molar-refractivity contribution < 1.29 is 53.1 Å². The molecule has 42 heavy (non-hydrogen) atoms. The van der Waals surface area contributed by atoms with Crippen LogP contribution < -0.4 is 0 Å². The van der Waals surface area contributed by atoms with Crippen molar-refractivity contribution in [3.05, 3.63) is 71.3 Å². The van der Waals surface area contributed by atoms with Gasteiger partial charge in [-0.15, -0.1) is 0 Å². The summed E-state index contributed by atoms with van der Waals surface area (Å²) in [5, 5.41) is 24.1. The highest BCUT2D eigenvalue weighted by Gasteiger charge is 3.00. The summed E-state index contributed by atoms with van der Waals surface area (Å²) >= 11 is 0. The van der Waals surface area contributed by atoms with Gasteiger partial charge in [0, 0.05) is 11.1 Å². The molecule has 218 valence electrons. The summed E-state index contributed by atoms with van der Waals surface area (Å²) < 4.78 is 29.7. The molecule has 11 heteroatoms. The Balaban J connectivity index is 1.17. The van der Waals surface area contributed by atoms with Crippen LogP contribution in [0.4, 0.5) is 0 Å². The van der Waals surface area contributed by atoms with E-state index in [9.17, 15) is 29.4 Å². The van der Waals surface area contributed by atoms with E-state index in [4.69, 9.17) is 23.7 Å². The van der Waals surface area contributed by atoms with E-state index in [2.05, 4.69) is 0 Å². The van der Waals surface area contributed by atoms with Crippen molar-refractivity contribution in [2.45, 2.75) is 62.2 Å². The maximum absolute atomic E-state index is 13.5. The zero-order chi connectivity index (χ0) is 29.4. The smallest absolute Gasteiger partial charge is 0.350 e. The Morgan fingerprint density at radius 2 is 1.60 bits per heavy atom. The van der Waals surface area contributed by atoms with Gasteiger partial charge in [0.2, 0.25) is 12.4 Å². The number of aliphatic hydroxyl groups is 2. The molecule has 2 aromatic rings. The standard InChI is InChI=1S/C31H28O11/c1-14-12-19-30-21(33)22-31(37,15(2)24(34)39-22)28(30,13-38-19)42-27-29(14,30)23(26(36)41-27)40-25(35)18-10-8-17(9-11-18)20(32)16-6-4-3-5-7-16/h3-11,14-15,19,21-23,27,33,37H,12-13H2,1-2H3/t14-,15-,19?,21+,22?,23+,27?,28?,29?,30?,31-/m1/s1. The molecule has 6 fully saturated rings. The Hall–Kier alpha value is -3.64. The molecule has 0 amide bonds. The number of esters is 3. The highest BCUT2D eigenvalue weighted by Crippen LogP contribution is 2.83. The minimum Gasteiger partial charge on any atom is -0.456 e.